The van der Waals surface area contributed by atoms with E-state index in [-0.39, 0.29) is 18.2 Å². The minimum absolute atomic E-state index is 0.242. The van der Waals surface area contributed by atoms with Crippen LogP contribution in [0.1, 0.15) is 37.8 Å². The van der Waals surface area contributed by atoms with Crippen molar-refractivity contribution in [1.82, 2.24) is 10.2 Å². The number of amides is 2. The first kappa shape index (κ1) is 16.0. The van der Waals surface area contributed by atoms with Crippen LogP contribution in [0.5, 0.6) is 0 Å². The van der Waals surface area contributed by atoms with Crippen molar-refractivity contribution in [2.45, 2.75) is 38.3 Å². The molecule has 0 bridgehead atoms. The van der Waals surface area contributed by atoms with Gasteiger partial charge in [-0.15, -0.1) is 0 Å². The monoisotopic (exact) mass is 304 g/mol. The average Bonchev–Trinajstić information content (AvgIpc) is 3.02. The number of hydrogen-bond donors (Lipinski definition) is 2. The van der Waals surface area contributed by atoms with Crippen LogP contribution in [0.15, 0.2) is 30.3 Å². The Hall–Kier alpha value is -2.37. The van der Waals surface area contributed by atoms with Crippen LogP contribution in [0.25, 0.3) is 0 Å². The number of carbonyl (C=O) groups is 3. The number of carboxylic acids is 1. The molecule has 1 aromatic carbocycles. The van der Waals surface area contributed by atoms with E-state index in [0.717, 1.165) is 0 Å². The lowest BCUT2D eigenvalue weighted by molar-refractivity contribution is -0.149. The lowest BCUT2D eigenvalue weighted by Crippen LogP contribution is -2.47. The highest BCUT2D eigenvalue weighted by molar-refractivity contribution is 5.91. The summed E-state index contributed by atoms with van der Waals surface area (Å²) in [5.41, 5.74) is 0.658. The van der Waals surface area contributed by atoms with Crippen LogP contribution in [0.2, 0.25) is 0 Å². The Morgan fingerprint density at radius 3 is 2.59 bits per heavy atom. The second-order valence-corrected chi connectivity index (χ2v) is 5.29. The predicted molar refractivity (Wildman–Crippen MR) is 80.0 cm³/mol. The van der Waals surface area contributed by atoms with Crippen molar-refractivity contribution < 1.29 is 19.5 Å². The zero-order valence-electron chi connectivity index (χ0n) is 12.5. The molecule has 0 aromatic heterocycles. The summed E-state index contributed by atoms with van der Waals surface area (Å²) in [5.74, 6) is -1.61. The van der Waals surface area contributed by atoms with E-state index in [0.29, 0.717) is 24.9 Å². The molecule has 6 nitrogen and oxygen atoms in total. The van der Waals surface area contributed by atoms with E-state index in [9.17, 15) is 19.5 Å². The lowest BCUT2D eigenvalue weighted by Gasteiger charge is -2.27. The van der Waals surface area contributed by atoms with Crippen LogP contribution in [-0.2, 0) is 14.4 Å². The molecule has 6 heteroatoms. The fourth-order valence-corrected chi connectivity index (χ4v) is 2.65. The summed E-state index contributed by atoms with van der Waals surface area (Å²) in [7, 11) is 0. The highest BCUT2D eigenvalue weighted by Crippen LogP contribution is 2.23. The van der Waals surface area contributed by atoms with E-state index in [1.807, 2.05) is 6.07 Å². The molecular weight excluding hydrogens is 284 g/mol. The van der Waals surface area contributed by atoms with Gasteiger partial charge in [-0.05, 0) is 18.4 Å². The summed E-state index contributed by atoms with van der Waals surface area (Å²) in [6.45, 7) is 2.11. The third kappa shape index (κ3) is 3.44. The topological polar surface area (TPSA) is 86.7 Å². The van der Waals surface area contributed by atoms with Gasteiger partial charge in [0.2, 0.25) is 5.91 Å². The summed E-state index contributed by atoms with van der Waals surface area (Å²) in [5, 5.41) is 11.9. The van der Waals surface area contributed by atoms with Gasteiger partial charge in [0.1, 0.15) is 12.1 Å². The number of carboxylic acid groups (broad SMARTS) is 1. The molecule has 2 atom stereocenters. The minimum Gasteiger partial charge on any atom is -0.480 e. The van der Waals surface area contributed by atoms with Crippen molar-refractivity contribution in [2.24, 2.45) is 0 Å². The molecule has 1 aliphatic rings. The summed E-state index contributed by atoms with van der Waals surface area (Å²) in [6, 6.07) is 7.25. The first-order valence-electron chi connectivity index (χ1n) is 7.42. The van der Waals surface area contributed by atoms with E-state index in [1.54, 1.807) is 31.2 Å². The van der Waals surface area contributed by atoms with Crippen molar-refractivity contribution in [2.75, 3.05) is 6.54 Å². The van der Waals surface area contributed by atoms with Gasteiger partial charge < -0.3 is 15.3 Å². The van der Waals surface area contributed by atoms with E-state index < -0.39 is 18.1 Å². The Morgan fingerprint density at radius 1 is 1.32 bits per heavy atom. The first-order valence-corrected chi connectivity index (χ1v) is 7.42. The molecule has 1 aliphatic heterocycles. The van der Waals surface area contributed by atoms with Gasteiger partial charge in [0.05, 0.1) is 0 Å². The van der Waals surface area contributed by atoms with Gasteiger partial charge in [-0.2, -0.15) is 0 Å². The number of rotatable bonds is 5. The molecule has 1 saturated heterocycles. The molecule has 0 spiro atoms. The maximum atomic E-state index is 12.8. The number of likely N-dealkylation sites (tertiary alicyclic amines) is 1. The van der Waals surface area contributed by atoms with E-state index >= 15 is 0 Å². The maximum Gasteiger partial charge on any atom is 0.326 e. The second-order valence-electron chi connectivity index (χ2n) is 5.29. The Kier molecular flexibility index (Phi) is 5.14. The molecule has 1 aromatic rings. The van der Waals surface area contributed by atoms with Crippen LogP contribution in [0, 0.1) is 0 Å². The molecule has 0 aliphatic carbocycles. The summed E-state index contributed by atoms with van der Waals surface area (Å²) >= 11 is 0. The zero-order chi connectivity index (χ0) is 16.1. The molecule has 1 fully saturated rings. The van der Waals surface area contributed by atoms with E-state index in [4.69, 9.17) is 0 Å². The first-order chi connectivity index (χ1) is 10.5. The van der Waals surface area contributed by atoms with Gasteiger partial charge in [0.15, 0.2) is 0 Å². The fraction of sp³-hybridized carbons (Fsp3) is 0.438. The second kappa shape index (κ2) is 7.06. The van der Waals surface area contributed by atoms with Crippen molar-refractivity contribution in [3.05, 3.63) is 35.9 Å². The number of aliphatic carboxylic acids is 1. The highest BCUT2D eigenvalue weighted by atomic mass is 16.4. The summed E-state index contributed by atoms with van der Waals surface area (Å²) in [6.07, 6.45) is 1.37. The third-order valence-electron chi connectivity index (χ3n) is 3.83. The third-order valence-corrected chi connectivity index (χ3v) is 3.83. The zero-order valence-corrected chi connectivity index (χ0v) is 12.5. The number of hydrogen-bond acceptors (Lipinski definition) is 3. The molecule has 0 radical (unpaired) electrons. The molecule has 0 saturated carbocycles. The summed E-state index contributed by atoms with van der Waals surface area (Å²) in [4.78, 5) is 37.1. The van der Waals surface area contributed by atoms with Crippen LogP contribution in [0.3, 0.4) is 0 Å². The molecule has 2 amide bonds. The Morgan fingerprint density at radius 2 is 2.00 bits per heavy atom. The lowest BCUT2D eigenvalue weighted by atomic mass is 10.0. The maximum absolute atomic E-state index is 12.8. The van der Waals surface area contributed by atoms with Crippen molar-refractivity contribution in [3.63, 3.8) is 0 Å². The number of nitrogens with one attached hydrogen (secondary N) is 1. The molecule has 22 heavy (non-hydrogen) atoms. The van der Waals surface area contributed by atoms with Crippen LogP contribution < -0.4 is 5.32 Å². The van der Waals surface area contributed by atoms with E-state index in [2.05, 4.69) is 5.32 Å². The summed E-state index contributed by atoms with van der Waals surface area (Å²) < 4.78 is 0. The average molecular weight is 304 g/mol. The molecule has 2 unspecified atom stereocenters. The quantitative estimate of drug-likeness (QED) is 0.859. The normalized spacial score (nSPS) is 18.8. The molecule has 2 N–H and O–H groups in total. The number of nitrogens with zero attached hydrogens (tertiary/aromatic N) is 1. The fourth-order valence-electron chi connectivity index (χ4n) is 2.65. The largest absolute Gasteiger partial charge is 0.480 e. The van der Waals surface area contributed by atoms with Crippen LogP contribution in [-0.4, -0.2) is 40.4 Å². The Labute approximate surface area is 129 Å². The van der Waals surface area contributed by atoms with Gasteiger partial charge in [0, 0.05) is 13.0 Å². The van der Waals surface area contributed by atoms with Gasteiger partial charge in [-0.3, -0.25) is 9.59 Å². The van der Waals surface area contributed by atoms with E-state index in [1.165, 1.54) is 4.90 Å². The van der Waals surface area contributed by atoms with Crippen molar-refractivity contribution >= 4 is 17.8 Å². The Bertz CT molecular complexity index is 559. The van der Waals surface area contributed by atoms with Crippen LogP contribution >= 0.6 is 0 Å². The molecular formula is C16H20N2O4. The smallest absolute Gasteiger partial charge is 0.326 e. The van der Waals surface area contributed by atoms with Gasteiger partial charge in [0.25, 0.3) is 5.91 Å². The van der Waals surface area contributed by atoms with Crippen LogP contribution in [0.4, 0.5) is 0 Å². The molecule has 2 rings (SSSR count). The molecule has 118 valence electrons. The Balaban J connectivity index is 2.26. The minimum atomic E-state index is -1.00. The molecule has 1 heterocycles. The number of benzene rings is 1. The van der Waals surface area contributed by atoms with Gasteiger partial charge in [-0.1, -0.05) is 37.3 Å². The number of carbonyl (C=O) groups excluding carboxylic acids is 2. The van der Waals surface area contributed by atoms with Gasteiger partial charge >= 0.3 is 5.97 Å². The van der Waals surface area contributed by atoms with Gasteiger partial charge in [-0.25, -0.2) is 4.79 Å². The highest BCUT2D eigenvalue weighted by Gasteiger charge is 2.37. The standard InChI is InChI=1S/C16H20N2O4/c1-2-13(19)17-14(11-7-4-3-5-8-11)15(20)18-10-6-9-12(18)16(21)22/h3-5,7-8,12,14H,2,6,9-10H2,1H3,(H,17,19)(H,21,22). The van der Waals surface area contributed by atoms with Crippen molar-refractivity contribution in [1.29, 1.82) is 0 Å². The van der Waals surface area contributed by atoms with Crippen molar-refractivity contribution in [3.8, 4) is 0 Å². The SMILES string of the molecule is CCC(=O)NC(C(=O)N1CCCC1C(=O)O)c1ccccc1. The predicted octanol–water partition coefficient (Wildman–Crippen LogP) is 1.33.